The lowest BCUT2D eigenvalue weighted by atomic mass is 10.3. The lowest BCUT2D eigenvalue weighted by molar-refractivity contribution is 0.498. The molecule has 0 bridgehead atoms. The van der Waals surface area contributed by atoms with Gasteiger partial charge in [-0.1, -0.05) is 11.3 Å². The predicted molar refractivity (Wildman–Crippen MR) is 89.2 cm³/mol. The fourth-order valence-electron chi connectivity index (χ4n) is 2.34. The average Bonchev–Trinajstić information content (AvgIpc) is 3.10. The fourth-order valence-corrected chi connectivity index (χ4v) is 4.48. The van der Waals surface area contributed by atoms with Crippen LogP contribution in [0.15, 0.2) is 50.7 Å². The zero-order valence-electron chi connectivity index (χ0n) is 12.6. The van der Waals surface area contributed by atoms with Crippen molar-refractivity contribution < 1.29 is 12.8 Å². The molecule has 0 fully saturated rings. The van der Waals surface area contributed by atoms with Gasteiger partial charge < -0.3 is 4.42 Å². The molecule has 2 aromatic heterocycles. The molecule has 3 aromatic rings. The van der Waals surface area contributed by atoms with E-state index >= 15 is 0 Å². The number of benzene rings is 1. The number of aromatic nitrogens is 1. The summed E-state index contributed by atoms with van der Waals surface area (Å²) in [5.41, 5.74) is 0.750. The van der Waals surface area contributed by atoms with Gasteiger partial charge in [0.25, 0.3) is 0 Å². The topological polar surface area (TPSA) is 81.3 Å². The molecule has 0 aliphatic carbocycles. The van der Waals surface area contributed by atoms with E-state index in [1.807, 2.05) is 13.8 Å². The monoisotopic (exact) mass is 352 g/mol. The molecular weight excluding hydrogens is 336 g/mol. The van der Waals surface area contributed by atoms with Crippen LogP contribution in [0.3, 0.4) is 0 Å². The summed E-state index contributed by atoms with van der Waals surface area (Å²) >= 11 is 1.05. The van der Waals surface area contributed by atoms with Gasteiger partial charge in [0.2, 0.25) is 10.0 Å². The van der Waals surface area contributed by atoms with E-state index in [1.54, 1.807) is 22.8 Å². The van der Waals surface area contributed by atoms with Gasteiger partial charge >= 0.3 is 4.87 Å². The van der Waals surface area contributed by atoms with Crippen molar-refractivity contribution in [1.82, 2.24) is 9.29 Å². The average molecular weight is 352 g/mol. The second-order valence-electron chi connectivity index (χ2n) is 5.37. The van der Waals surface area contributed by atoms with Gasteiger partial charge in [0.15, 0.2) is 0 Å². The number of hydrogen-bond acceptors (Lipinski definition) is 5. The summed E-state index contributed by atoms with van der Waals surface area (Å²) in [5, 5.41) is 0. The highest BCUT2D eigenvalue weighted by molar-refractivity contribution is 7.89. The Balaban J connectivity index is 1.95. The first-order chi connectivity index (χ1) is 10.9. The Morgan fingerprint density at radius 3 is 2.74 bits per heavy atom. The van der Waals surface area contributed by atoms with Crippen molar-refractivity contribution >= 4 is 31.6 Å². The molecule has 2 heterocycles. The summed E-state index contributed by atoms with van der Waals surface area (Å²) in [7, 11) is -3.67. The molecular formula is C15H16N2O4S2. The van der Waals surface area contributed by atoms with Crippen LogP contribution in [0.1, 0.15) is 25.6 Å². The van der Waals surface area contributed by atoms with E-state index < -0.39 is 10.0 Å². The van der Waals surface area contributed by atoms with Gasteiger partial charge in [-0.05, 0) is 44.2 Å². The first kappa shape index (κ1) is 16.0. The van der Waals surface area contributed by atoms with Gasteiger partial charge in [0.05, 0.1) is 27.9 Å². The first-order valence-corrected chi connectivity index (χ1v) is 9.35. The molecule has 1 N–H and O–H groups in total. The summed E-state index contributed by atoms with van der Waals surface area (Å²) in [6.45, 7) is 3.92. The maximum absolute atomic E-state index is 12.4. The molecule has 8 heteroatoms. The molecule has 0 saturated carbocycles. The maximum Gasteiger partial charge on any atom is 0.308 e. The van der Waals surface area contributed by atoms with E-state index in [0.29, 0.717) is 10.5 Å². The Morgan fingerprint density at radius 1 is 1.30 bits per heavy atom. The number of furan rings is 1. The summed E-state index contributed by atoms with van der Waals surface area (Å²) < 4.78 is 34.6. The van der Waals surface area contributed by atoms with E-state index in [9.17, 15) is 13.2 Å². The molecule has 0 aliphatic rings. The molecule has 3 rings (SSSR count). The highest BCUT2D eigenvalue weighted by Gasteiger charge is 2.17. The van der Waals surface area contributed by atoms with Crippen LogP contribution >= 0.6 is 11.3 Å². The van der Waals surface area contributed by atoms with Crippen molar-refractivity contribution in [3.05, 3.63) is 52.0 Å². The molecule has 0 radical (unpaired) electrons. The van der Waals surface area contributed by atoms with Crippen LogP contribution in [0.2, 0.25) is 0 Å². The van der Waals surface area contributed by atoms with Gasteiger partial charge in [0, 0.05) is 6.04 Å². The minimum absolute atomic E-state index is 0.0239. The number of nitrogens with one attached hydrogen (secondary N) is 1. The number of fused-ring (bicyclic) bond motifs is 1. The van der Waals surface area contributed by atoms with E-state index in [-0.39, 0.29) is 22.4 Å². The van der Waals surface area contributed by atoms with Gasteiger partial charge in [-0.2, -0.15) is 0 Å². The van der Waals surface area contributed by atoms with Crippen LogP contribution in [0.25, 0.3) is 10.2 Å². The van der Waals surface area contributed by atoms with Crippen LogP contribution in [-0.4, -0.2) is 13.0 Å². The molecule has 0 aliphatic heterocycles. The second-order valence-corrected chi connectivity index (χ2v) is 8.13. The molecule has 0 saturated heterocycles. The molecule has 6 nitrogen and oxygen atoms in total. The van der Waals surface area contributed by atoms with Crippen LogP contribution < -0.4 is 9.60 Å². The Bertz CT molecular complexity index is 982. The molecule has 0 atom stereocenters. The van der Waals surface area contributed by atoms with Crippen molar-refractivity contribution in [2.24, 2.45) is 0 Å². The van der Waals surface area contributed by atoms with E-state index in [0.717, 1.165) is 16.9 Å². The summed E-state index contributed by atoms with van der Waals surface area (Å²) in [6, 6.07) is 8.13. The molecule has 0 spiro atoms. The van der Waals surface area contributed by atoms with Crippen molar-refractivity contribution in [1.29, 1.82) is 0 Å². The van der Waals surface area contributed by atoms with E-state index in [1.165, 1.54) is 18.4 Å². The van der Waals surface area contributed by atoms with Crippen LogP contribution in [0, 0.1) is 0 Å². The quantitative estimate of drug-likeness (QED) is 0.765. The molecule has 0 amide bonds. The molecule has 1 aromatic carbocycles. The number of thiazole rings is 1. The van der Waals surface area contributed by atoms with Crippen molar-refractivity contribution in [2.45, 2.75) is 31.3 Å². The molecule has 122 valence electrons. The molecule has 0 unspecified atom stereocenters. The van der Waals surface area contributed by atoms with E-state index in [4.69, 9.17) is 4.42 Å². The first-order valence-electron chi connectivity index (χ1n) is 7.05. The highest BCUT2D eigenvalue weighted by atomic mass is 32.2. The van der Waals surface area contributed by atoms with Crippen LogP contribution in [0.5, 0.6) is 0 Å². The summed E-state index contributed by atoms with van der Waals surface area (Å²) in [6.07, 6.45) is 1.49. The third kappa shape index (κ3) is 3.10. The summed E-state index contributed by atoms with van der Waals surface area (Å²) in [5.74, 6) is 0.533. The fraction of sp³-hybridized carbons (Fsp3) is 0.267. The van der Waals surface area contributed by atoms with Gasteiger partial charge in [-0.3, -0.25) is 9.36 Å². The maximum atomic E-state index is 12.4. The van der Waals surface area contributed by atoms with Crippen LogP contribution in [-0.2, 0) is 16.6 Å². The smallest absolute Gasteiger partial charge is 0.308 e. The number of hydrogen-bond donors (Lipinski definition) is 1. The lowest BCUT2D eigenvalue weighted by Gasteiger charge is -2.08. The SMILES string of the molecule is CC(C)n1c(=O)sc2cc(S(=O)(=O)NCc3ccco3)ccc21. The Morgan fingerprint density at radius 2 is 2.09 bits per heavy atom. The minimum atomic E-state index is -3.67. The molecule has 23 heavy (non-hydrogen) atoms. The number of rotatable bonds is 5. The Hall–Kier alpha value is -1.90. The number of nitrogens with zero attached hydrogens (tertiary/aromatic N) is 1. The third-order valence-corrected chi connectivity index (χ3v) is 5.75. The highest BCUT2D eigenvalue weighted by Crippen LogP contribution is 2.24. The van der Waals surface area contributed by atoms with Crippen molar-refractivity contribution in [3.63, 3.8) is 0 Å². The number of sulfonamides is 1. The zero-order chi connectivity index (χ0) is 16.6. The predicted octanol–water partition coefficient (Wildman–Crippen LogP) is 2.72. The standard InChI is InChI=1S/C15H16N2O4S2/c1-10(2)17-13-6-5-12(8-14(13)22-15(17)18)23(19,20)16-9-11-4-3-7-21-11/h3-8,10,16H,9H2,1-2H3. The zero-order valence-corrected chi connectivity index (χ0v) is 14.3. The normalized spacial score (nSPS) is 12.3. The van der Waals surface area contributed by atoms with Crippen LogP contribution in [0.4, 0.5) is 0 Å². The van der Waals surface area contributed by atoms with Gasteiger partial charge in [0.1, 0.15) is 5.76 Å². The largest absolute Gasteiger partial charge is 0.468 e. The Labute approximate surface area is 137 Å². The lowest BCUT2D eigenvalue weighted by Crippen LogP contribution is -2.23. The third-order valence-electron chi connectivity index (χ3n) is 3.43. The second kappa shape index (κ2) is 5.95. The van der Waals surface area contributed by atoms with E-state index in [2.05, 4.69) is 4.72 Å². The Kier molecular flexibility index (Phi) is 4.13. The van der Waals surface area contributed by atoms with Gasteiger partial charge in [-0.25, -0.2) is 13.1 Å². The summed E-state index contributed by atoms with van der Waals surface area (Å²) in [4.78, 5) is 12.1. The minimum Gasteiger partial charge on any atom is -0.468 e. The van der Waals surface area contributed by atoms with Gasteiger partial charge in [-0.15, -0.1) is 0 Å². The van der Waals surface area contributed by atoms with Crippen molar-refractivity contribution in [3.8, 4) is 0 Å². The van der Waals surface area contributed by atoms with Crippen molar-refractivity contribution in [2.75, 3.05) is 0 Å².